The fourth-order valence-corrected chi connectivity index (χ4v) is 11.1. The van der Waals surface area contributed by atoms with Gasteiger partial charge in [0.05, 0.1) is 26.4 Å². The summed E-state index contributed by atoms with van der Waals surface area (Å²) in [5.41, 5.74) is 0. The molecule has 0 radical (unpaired) electrons. The maximum Gasteiger partial charge on any atom is 0.472 e. The second-order valence-corrected chi connectivity index (χ2v) is 26.6. The monoisotopic (exact) mass is 1300 g/mol. The molecule has 18 heteroatoms. The van der Waals surface area contributed by atoms with Gasteiger partial charge in [0.25, 0.3) is 0 Å². The van der Waals surface area contributed by atoms with Gasteiger partial charge >= 0.3 is 33.6 Å². The highest BCUT2D eigenvalue weighted by molar-refractivity contribution is 7.47. The van der Waals surface area contributed by atoms with E-state index >= 15 is 0 Å². The number of carbonyl (C=O) groups is 3. The van der Waals surface area contributed by atoms with Crippen LogP contribution in [0.4, 0.5) is 0 Å². The molecule has 0 rings (SSSR count). The summed E-state index contributed by atoms with van der Waals surface area (Å²) in [5.74, 6) is -1.57. The molecular weight excluding hydrogens is 1170 g/mol. The lowest BCUT2D eigenvalue weighted by atomic mass is 10.0. The minimum atomic E-state index is -4.91. The van der Waals surface area contributed by atoms with Crippen molar-refractivity contribution in [2.45, 2.75) is 322 Å². The van der Waals surface area contributed by atoms with Crippen molar-refractivity contribution in [2.24, 2.45) is 0 Å². The number of phosphoric ester groups is 2. The standard InChI is InChI=1S/C71H128O16P2/c1-4-7-10-13-16-19-22-24-25-26-27-28-29-30-31-32-33-34-35-36-37-38-39-41-44-45-48-51-54-57-69(74)81-60-66(72)61-83-88(77,78)84-62-67(73)63-85-89(79,80)86-65-68(87-71(76)59-56-53-50-47-42-21-18-15-12-9-6-3)64-82-70(75)58-55-52-49-46-43-40-23-20-17-14-11-8-5-2/h7,10,15-16,18-19,24-25,27-28,30-31,66-68,72-73H,4-6,8-9,11-14,17,20-23,26,29,32-65H2,1-3H3,(H,77,78)(H,79,80)/b10-7-,18-15-,19-16-,25-24-,28-27-,31-30-. The number of hydrogen-bond acceptors (Lipinski definition) is 14. The van der Waals surface area contributed by atoms with Crippen molar-refractivity contribution < 1.29 is 75.8 Å². The zero-order valence-electron chi connectivity index (χ0n) is 56.1. The molecule has 518 valence electrons. The van der Waals surface area contributed by atoms with Crippen LogP contribution in [0.25, 0.3) is 0 Å². The van der Waals surface area contributed by atoms with E-state index in [4.69, 9.17) is 32.3 Å². The summed E-state index contributed by atoms with van der Waals surface area (Å²) < 4.78 is 60.8. The minimum Gasteiger partial charge on any atom is -0.463 e. The van der Waals surface area contributed by atoms with Crippen LogP contribution in [0, 0.1) is 0 Å². The molecule has 0 fully saturated rings. The van der Waals surface area contributed by atoms with Crippen molar-refractivity contribution >= 4 is 33.6 Å². The van der Waals surface area contributed by atoms with Crippen LogP contribution in [0.3, 0.4) is 0 Å². The Morgan fingerprint density at radius 2 is 0.607 bits per heavy atom. The van der Waals surface area contributed by atoms with Gasteiger partial charge in [0.1, 0.15) is 25.4 Å². The Kier molecular flexibility index (Phi) is 62.9. The predicted octanol–water partition coefficient (Wildman–Crippen LogP) is 19.5. The van der Waals surface area contributed by atoms with Crippen LogP contribution in [0.15, 0.2) is 72.9 Å². The molecule has 0 aromatic carbocycles. The van der Waals surface area contributed by atoms with E-state index < -0.39 is 91.5 Å². The Bertz CT molecular complexity index is 1920. The predicted molar refractivity (Wildman–Crippen MR) is 362 cm³/mol. The number of ether oxygens (including phenoxy) is 3. The summed E-state index contributed by atoms with van der Waals surface area (Å²) in [4.78, 5) is 58.2. The van der Waals surface area contributed by atoms with E-state index in [0.29, 0.717) is 19.3 Å². The number of carbonyl (C=O) groups excluding carboxylic acids is 3. The molecule has 0 aromatic rings. The van der Waals surface area contributed by atoms with Crippen molar-refractivity contribution in [1.29, 1.82) is 0 Å². The Morgan fingerprint density at radius 3 is 0.989 bits per heavy atom. The average Bonchev–Trinajstić information content (AvgIpc) is 3.73. The van der Waals surface area contributed by atoms with Crippen molar-refractivity contribution in [2.75, 3.05) is 39.6 Å². The quantitative estimate of drug-likeness (QED) is 0.0146. The van der Waals surface area contributed by atoms with Gasteiger partial charge in [-0.3, -0.25) is 32.5 Å². The molecule has 89 heavy (non-hydrogen) atoms. The van der Waals surface area contributed by atoms with Gasteiger partial charge in [0.2, 0.25) is 0 Å². The highest BCUT2D eigenvalue weighted by Crippen LogP contribution is 2.45. The molecule has 4 N–H and O–H groups in total. The zero-order chi connectivity index (χ0) is 65.3. The van der Waals surface area contributed by atoms with Crippen molar-refractivity contribution in [3.8, 4) is 0 Å². The van der Waals surface area contributed by atoms with Crippen molar-refractivity contribution in [3.05, 3.63) is 72.9 Å². The minimum absolute atomic E-state index is 0.0986. The molecule has 0 bridgehead atoms. The summed E-state index contributed by atoms with van der Waals surface area (Å²) in [6.07, 6.45) is 68.4. The largest absolute Gasteiger partial charge is 0.472 e. The third-order valence-corrected chi connectivity index (χ3v) is 16.8. The topological polar surface area (TPSA) is 231 Å². The van der Waals surface area contributed by atoms with Gasteiger partial charge in [0.15, 0.2) is 6.10 Å². The number of aliphatic hydroxyl groups excluding tert-OH is 2. The van der Waals surface area contributed by atoms with Gasteiger partial charge in [0, 0.05) is 19.3 Å². The number of aliphatic hydroxyl groups is 2. The van der Waals surface area contributed by atoms with Crippen LogP contribution in [-0.2, 0) is 55.8 Å². The van der Waals surface area contributed by atoms with Gasteiger partial charge in [-0.05, 0) is 83.5 Å². The number of phosphoric acid groups is 2. The number of allylic oxidation sites excluding steroid dienone is 12. The number of rotatable bonds is 67. The van der Waals surface area contributed by atoms with E-state index in [-0.39, 0.29) is 19.3 Å². The molecule has 0 aliphatic carbocycles. The zero-order valence-corrected chi connectivity index (χ0v) is 57.9. The van der Waals surface area contributed by atoms with Gasteiger partial charge in [-0.1, -0.05) is 273 Å². The first kappa shape index (κ1) is 86.0. The van der Waals surface area contributed by atoms with E-state index in [1.807, 2.05) is 0 Å². The molecule has 0 amide bonds. The third kappa shape index (κ3) is 66.3. The Morgan fingerprint density at radius 1 is 0.326 bits per heavy atom. The highest BCUT2D eigenvalue weighted by atomic mass is 31.2. The lowest BCUT2D eigenvalue weighted by molar-refractivity contribution is -0.161. The highest BCUT2D eigenvalue weighted by Gasteiger charge is 2.29. The average molecular weight is 1300 g/mol. The lowest BCUT2D eigenvalue weighted by Crippen LogP contribution is -2.30. The molecule has 16 nitrogen and oxygen atoms in total. The van der Waals surface area contributed by atoms with Crippen LogP contribution in [0.5, 0.6) is 0 Å². The molecule has 5 unspecified atom stereocenters. The maximum absolute atomic E-state index is 12.8. The summed E-state index contributed by atoms with van der Waals surface area (Å²) in [6, 6.07) is 0. The Labute approximate surface area is 541 Å². The molecule has 0 saturated heterocycles. The molecule has 5 atom stereocenters. The summed E-state index contributed by atoms with van der Waals surface area (Å²) in [7, 11) is -9.76. The van der Waals surface area contributed by atoms with Gasteiger partial charge in [-0.2, -0.15) is 0 Å². The second kappa shape index (κ2) is 65.1. The molecule has 0 aliphatic rings. The van der Waals surface area contributed by atoms with E-state index in [1.165, 1.54) is 128 Å². The molecule has 0 saturated carbocycles. The van der Waals surface area contributed by atoms with E-state index in [0.717, 1.165) is 116 Å². The van der Waals surface area contributed by atoms with E-state index in [9.17, 15) is 43.5 Å². The van der Waals surface area contributed by atoms with Crippen LogP contribution < -0.4 is 0 Å². The van der Waals surface area contributed by atoms with E-state index in [2.05, 4.69) is 93.7 Å². The van der Waals surface area contributed by atoms with Crippen molar-refractivity contribution in [1.82, 2.24) is 0 Å². The van der Waals surface area contributed by atoms with Gasteiger partial charge in [-0.25, -0.2) is 9.13 Å². The molecule has 0 spiro atoms. The molecule has 0 aliphatic heterocycles. The normalized spacial score (nSPS) is 14.6. The molecule has 0 aromatic heterocycles. The van der Waals surface area contributed by atoms with Gasteiger partial charge < -0.3 is 34.2 Å². The number of esters is 3. The number of hydrogen-bond donors (Lipinski definition) is 4. The molecule has 0 heterocycles. The number of unbranched alkanes of at least 4 members (excludes halogenated alkanes) is 32. The van der Waals surface area contributed by atoms with Crippen LogP contribution in [0.1, 0.15) is 303 Å². The third-order valence-electron chi connectivity index (χ3n) is 14.9. The van der Waals surface area contributed by atoms with Crippen molar-refractivity contribution in [3.63, 3.8) is 0 Å². The summed E-state index contributed by atoms with van der Waals surface area (Å²) >= 11 is 0. The van der Waals surface area contributed by atoms with Crippen LogP contribution >= 0.6 is 15.6 Å². The van der Waals surface area contributed by atoms with E-state index in [1.54, 1.807) is 0 Å². The first-order valence-corrected chi connectivity index (χ1v) is 38.2. The van der Waals surface area contributed by atoms with Crippen LogP contribution in [0.2, 0.25) is 0 Å². The first-order valence-electron chi connectivity index (χ1n) is 35.2. The fraction of sp³-hybridized carbons (Fsp3) is 0.789. The SMILES string of the molecule is CC/C=C\C/C=C\C/C=C\C/C=C\C/C=C\CCCCCCCCCCCCCCCC(=O)OCC(O)COP(=O)(O)OCC(O)COP(=O)(O)OCC(COC(=O)CCCCCCCCCCCCCCC)OC(=O)CCCCCCC/C=C\CCCC. The lowest BCUT2D eigenvalue weighted by Gasteiger charge is -2.21. The Hall–Kier alpha value is -3.01. The smallest absolute Gasteiger partial charge is 0.463 e. The summed E-state index contributed by atoms with van der Waals surface area (Å²) in [5, 5.41) is 20.5. The maximum atomic E-state index is 12.8. The molecular formula is C71H128O16P2. The summed E-state index contributed by atoms with van der Waals surface area (Å²) in [6.45, 7) is 2.53. The first-order chi connectivity index (χ1) is 43.2. The fourth-order valence-electron chi connectivity index (χ4n) is 9.52. The van der Waals surface area contributed by atoms with Gasteiger partial charge in [-0.15, -0.1) is 0 Å². The second-order valence-electron chi connectivity index (χ2n) is 23.7. The van der Waals surface area contributed by atoms with Crippen LogP contribution in [-0.4, -0.2) is 95.9 Å². The Balaban J connectivity index is 4.37.